The highest BCUT2D eigenvalue weighted by atomic mass is 16.5. The van der Waals surface area contributed by atoms with Gasteiger partial charge >= 0.3 is 0 Å². The zero-order valence-electron chi connectivity index (χ0n) is 17.2. The average Bonchev–Trinajstić information content (AvgIpc) is 3.26. The Kier molecular flexibility index (Phi) is 7.03. The van der Waals surface area contributed by atoms with Crippen LogP contribution in [0.3, 0.4) is 0 Å². The van der Waals surface area contributed by atoms with E-state index in [0.717, 1.165) is 36.5 Å². The number of carbonyl (C=O) groups is 1. The predicted molar refractivity (Wildman–Crippen MR) is 115 cm³/mol. The van der Waals surface area contributed by atoms with Crippen molar-refractivity contribution in [2.24, 2.45) is 0 Å². The van der Waals surface area contributed by atoms with Crippen LogP contribution in [0.4, 0.5) is 0 Å². The standard InChI is InChI=1S/C23H28N4O2/c1-4-27(5-2)16-19-9-7-6-8-18(19)14-24-23(28)21-15-25-26-22(21)17-10-12-20(29-3)13-11-17/h6-13,15H,4-5,14,16H2,1-3H3,(H,24,28)(H,25,26). The molecule has 2 N–H and O–H groups in total. The summed E-state index contributed by atoms with van der Waals surface area (Å²) >= 11 is 0. The smallest absolute Gasteiger partial charge is 0.255 e. The number of hydrogen-bond donors (Lipinski definition) is 2. The van der Waals surface area contributed by atoms with Gasteiger partial charge in [0.15, 0.2) is 0 Å². The lowest BCUT2D eigenvalue weighted by molar-refractivity contribution is 0.0951. The van der Waals surface area contributed by atoms with Gasteiger partial charge in [-0.25, -0.2) is 0 Å². The fourth-order valence-electron chi connectivity index (χ4n) is 3.28. The minimum absolute atomic E-state index is 0.151. The lowest BCUT2D eigenvalue weighted by Crippen LogP contribution is -2.26. The average molecular weight is 393 g/mol. The van der Waals surface area contributed by atoms with Crippen molar-refractivity contribution in [2.75, 3.05) is 20.2 Å². The molecule has 1 amide bonds. The van der Waals surface area contributed by atoms with Crippen LogP contribution < -0.4 is 10.1 Å². The summed E-state index contributed by atoms with van der Waals surface area (Å²) in [5, 5.41) is 10.0. The monoisotopic (exact) mass is 392 g/mol. The van der Waals surface area contributed by atoms with E-state index in [1.165, 1.54) is 5.56 Å². The molecule has 6 heteroatoms. The molecule has 0 aliphatic rings. The molecule has 0 bridgehead atoms. The van der Waals surface area contributed by atoms with Crippen molar-refractivity contribution in [2.45, 2.75) is 26.9 Å². The molecule has 29 heavy (non-hydrogen) atoms. The van der Waals surface area contributed by atoms with Crippen molar-refractivity contribution >= 4 is 5.91 Å². The molecule has 1 aromatic heterocycles. The fourth-order valence-corrected chi connectivity index (χ4v) is 3.28. The summed E-state index contributed by atoms with van der Waals surface area (Å²) in [4.78, 5) is 15.2. The van der Waals surface area contributed by atoms with Crippen molar-refractivity contribution in [3.63, 3.8) is 0 Å². The van der Waals surface area contributed by atoms with Gasteiger partial charge < -0.3 is 10.1 Å². The third-order valence-electron chi connectivity index (χ3n) is 5.11. The fraction of sp³-hybridized carbons (Fsp3) is 0.304. The zero-order valence-corrected chi connectivity index (χ0v) is 17.2. The molecule has 3 aromatic rings. The number of carbonyl (C=O) groups excluding carboxylic acids is 1. The summed E-state index contributed by atoms with van der Waals surface area (Å²) in [5.41, 5.74) is 4.47. The van der Waals surface area contributed by atoms with E-state index in [0.29, 0.717) is 17.8 Å². The Balaban J connectivity index is 1.72. The number of aromatic nitrogens is 2. The van der Waals surface area contributed by atoms with E-state index in [9.17, 15) is 4.79 Å². The molecular formula is C23H28N4O2. The van der Waals surface area contributed by atoms with E-state index in [1.807, 2.05) is 36.4 Å². The number of benzene rings is 2. The van der Waals surface area contributed by atoms with Gasteiger partial charge in [-0.1, -0.05) is 38.1 Å². The first-order valence-electron chi connectivity index (χ1n) is 9.91. The molecule has 0 saturated carbocycles. The quantitative estimate of drug-likeness (QED) is 0.580. The second kappa shape index (κ2) is 9.89. The van der Waals surface area contributed by atoms with Crippen molar-refractivity contribution in [3.8, 4) is 17.0 Å². The van der Waals surface area contributed by atoms with Crippen molar-refractivity contribution < 1.29 is 9.53 Å². The van der Waals surface area contributed by atoms with Crippen molar-refractivity contribution in [3.05, 3.63) is 71.4 Å². The number of aromatic amines is 1. The van der Waals surface area contributed by atoms with Crippen molar-refractivity contribution in [1.82, 2.24) is 20.4 Å². The Labute approximate surface area is 171 Å². The molecule has 0 unspecified atom stereocenters. The molecule has 0 fully saturated rings. The van der Waals surface area contributed by atoms with Crippen LogP contribution in [0.1, 0.15) is 35.3 Å². The number of ether oxygens (including phenoxy) is 1. The van der Waals surface area contributed by atoms with Crippen LogP contribution in [-0.2, 0) is 13.1 Å². The van der Waals surface area contributed by atoms with E-state index in [2.05, 4.69) is 46.4 Å². The summed E-state index contributed by atoms with van der Waals surface area (Å²) in [6, 6.07) is 15.8. The van der Waals surface area contributed by atoms with Crippen LogP contribution in [0.2, 0.25) is 0 Å². The minimum Gasteiger partial charge on any atom is -0.497 e. The molecule has 0 aliphatic carbocycles. The normalized spacial score (nSPS) is 10.9. The molecule has 3 rings (SSSR count). The van der Waals surface area contributed by atoms with Gasteiger partial charge in [-0.05, 0) is 48.5 Å². The SMILES string of the molecule is CCN(CC)Cc1ccccc1CNC(=O)c1cn[nH]c1-c1ccc(OC)cc1. The Morgan fingerprint density at radius 2 is 1.76 bits per heavy atom. The van der Waals surface area contributed by atoms with Crippen LogP contribution in [0.5, 0.6) is 5.75 Å². The molecule has 6 nitrogen and oxygen atoms in total. The van der Waals surface area contributed by atoms with Gasteiger partial charge in [-0.3, -0.25) is 14.8 Å². The van der Waals surface area contributed by atoms with Gasteiger partial charge in [0.25, 0.3) is 5.91 Å². The Morgan fingerprint density at radius 3 is 2.41 bits per heavy atom. The number of methoxy groups -OCH3 is 1. The number of nitrogens with zero attached hydrogens (tertiary/aromatic N) is 2. The molecule has 0 saturated heterocycles. The Morgan fingerprint density at radius 1 is 1.07 bits per heavy atom. The molecular weight excluding hydrogens is 364 g/mol. The van der Waals surface area contributed by atoms with Crippen molar-refractivity contribution in [1.29, 1.82) is 0 Å². The predicted octanol–water partition coefficient (Wildman–Crippen LogP) is 3.86. The van der Waals surface area contributed by atoms with Crippen LogP contribution in [-0.4, -0.2) is 41.2 Å². The second-order valence-corrected chi connectivity index (χ2v) is 6.80. The van der Waals surface area contributed by atoms with E-state index >= 15 is 0 Å². The maximum absolute atomic E-state index is 12.8. The Bertz CT molecular complexity index is 930. The molecule has 0 aliphatic heterocycles. The number of hydrogen-bond acceptors (Lipinski definition) is 4. The highest BCUT2D eigenvalue weighted by Crippen LogP contribution is 2.23. The highest BCUT2D eigenvalue weighted by molar-refractivity contribution is 5.99. The first-order valence-corrected chi connectivity index (χ1v) is 9.91. The second-order valence-electron chi connectivity index (χ2n) is 6.80. The maximum Gasteiger partial charge on any atom is 0.255 e. The van der Waals surface area contributed by atoms with Crippen LogP contribution in [0.15, 0.2) is 54.7 Å². The maximum atomic E-state index is 12.8. The molecule has 0 atom stereocenters. The molecule has 152 valence electrons. The van der Waals surface area contributed by atoms with Gasteiger partial charge in [-0.15, -0.1) is 0 Å². The third kappa shape index (κ3) is 5.03. The number of H-pyrrole nitrogens is 1. The lowest BCUT2D eigenvalue weighted by atomic mass is 10.1. The summed E-state index contributed by atoms with van der Waals surface area (Å²) < 4.78 is 5.20. The zero-order chi connectivity index (χ0) is 20.6. The summed E-state index contributed by atoms with van der Waals surface area (Å²) in [6.07, 6.45) is 1.57. The Hall–Kier alpha value is -3.12. The molecule has 2 aromatic carbocycles. The first kappa shape index (κ1) is 20.6. The summed E-state index contributed by atoms with van der Waals surface area (Å²) in [7, 11) is 1.63. The van der Waals surface area contributed by atoms with E-state index in [-0.39, 0.29) is 5.91 Å². The number of rotatable bonds is 9. The molecule has 0 radical (unpaired) electrons. The van der Waals surface area contributed by atoms with Crippen LogP contribution >= 0.6 is 0 Å². The lowest BCUT2D eigenvalue weighted by Gasteiger charge is -2.20. The van der Waals surface area contributed by atoms with Crippen LogP contribution in [0, 0.1) is 0 Å². The van der Waals surface area contributed by atoms with E-state index < -0.39 is 0 Å². The third-order valence-corrected chi connectivity index (χ3v) is 5.11. The van der Waals surface area contributed by atoms with Gasteiger partial charge in [0.2, 0.25) is 0 Å². The van der Waals surface area contributed by atoms with E-state index in [4.69, 9.17) is 4.74 Å². The van der Waals surface area contributed by atoms with Crippen LogP contribution in [0.25, 0.3) is 11.3 Å². The molecule has 1 heterocycles. The molecule has 0 spiro atoms. The van der Waals surface area contributed by atoms with Gasteiger partial charge in [0.1, 0.15) is 5.75 Å². The highest BCUT2D eigenvalue weighted by Gasteiger charge is 2.16. The number of amides is 1. The van der Waals surface area contributed by atoms with E-state index in [1.54, 1.807) is 13.3 Å². The topological polar surface area (TPSA) is 70.2 Å². The number of nitrogens with one attached hydrogen (secondary N) is 2. The summed E-state index contributed by atoms with van der Waals surface area (Å²) in [5.74, 6) is 0.617. The first-order chi connectivity index (χ1) is 14.2. The summed E-state index contributed by atoms with van der Waals surface area (Å²) in [6.45, 7) is 7.67. The van der Waals surface area contributed by atoms with Gasteiger partial charge in [0, 0.05) is 18.7 Å². The van der Waals surface area contributed by atoms with Gasteiger partial charge in [0.05, 0.1) is 24.6 Å². The van der Waals surface area contributed by atoms with Gasteiger partial charge in [-0.2, -0.15) is 5.10 Å². The minimum atomic E-state index is -0.151. The largest absolute Gasteiger partial charge is 0.497 e.